The van der Waals surface area contributed by atoms with Gasteiger partial charge in [0.2, 0.25) is 0 Å². The van der Waals surface area contributed by atoms with Crippen molar-refractivity contribution in [3.63, 3.8) is 0 Å². The number of Topliss-reactive ketones (excluding diaryl/α,β-unsaturated/α-hetero) is 1. The molecule has 4 saturated carbocycles. The highest BCUT2D eigenvalue weighted by atomic mass is 16.5. The third-order valence-corrected chi connectivity index (χ3v) is 14.1. The molecule has 4 aliphatic carbocycles. The van der Waals surface area contributed by atoms with Gasteiger partial charge in [-0.05, 0) is 132 Å². The molecule has 0 unspecified atom stereocenters. The van der Waals surface area contributed by atoms with Crippen LogP contribution < -0.4 is 0 Å². The van der Waals surface area contributed by atoms with Crippen molar-refractivity contribution in [3.8, 4) is 0 Å². The summed E-state index contributed by atoms with van der Waals surface area (Å²) in [7, 11) is 0. The Morgan fingerprint density at radius 1 is 0.778 bits per heavy atom. The normalized spacial score (nSPS) is 54.5. The molecular weight excluding hydrogens is 448 g/mol. The molecule has 0 aromatic carbocycles. The Bertz CT molecular complexity index is 920. The van der Waals surface area contributed by atoms with Crippen LogP contribution >= 0.6 is 0 Å². The Kier molecular flexibility index (Phi) is 5.89. The molecule has 0 aromatic rings. The monoisotopic (exact) mass is 502 g/mol. The number of hydrogen-bond acceptors (Lipinski definition) is 4. The van der Waals surface area contributed by atoms with E-state index in [9.17, 15) is 15.0 Å². The van der Waals surface area contributed by atoms with Gasteiger partial charge in [-0.2, -0.15) is 0 Å². The van der Waals surface area contributed by atoms with E-state index in [1.807, 2.05) is 13.8 Å². The molecule has 2 N–H and O–H groups in total. The van der Waals surface area contributed by atoms with Crippen molar-refractivity contribution in [2.45, 2.75) is 149 Å². The van der Waals surface area contributed by atoms with Gasteiger partial charge in [-0.25, -0.2) is 0 Å². The van der Waals surface area contributed by atoms with Crippen LogP contribution in [-0.4, -0.2) is 38.9 Å². The molecule has 4 heteroatoms. The number of rotatable bonds is 3. The van der Waals surface area contributed by atoms with Crippen molar-refractivity contribution >= 4 is 5.78 Å². The molecular formula is C32H54O4. The average molecular weight is 503 g/mol. The van der Waals surface area contributed by atoms with Gasteiger partial charge in [0.1, 0.15) is 5.60 Å². The molecule has 10 atom stereocenters. The first-order valence-corrected chi connectivity index (χ1v) is 15.0. The number of aliphatic hydroxyl groups is 2. The number of ketones is 1. The fourth-order valence-electron chi connectivity index (χ4n) is 11.7. The lowest BCUT2D eigenvalue weighted by molar-refractivity contribution is -0.245. The van der Waals surface area contributed by atoms with E-state index in [1.54, 1.807) is 6.92 Å². The maximum Gasteiger partial charge on any atom is 0.161 e. The predicted molar refractivity (Wildman–Crippen MR) is 143 cm³/mol. The highest BCUT2D eigenvalue weighted by Gasteiger charge is 2.71. The Labute approximate surface area is 220 Å². The zero-order chi connectivity index (χ0) is 26.7. The summed E-state index contributed by atoms with van der Waals surface area (Å²) >= 11 is 0. The van der Waals surface area contributed by atoms with Crippen LogP contribution in [0.25, 0.3) is 0 Å². The van der Waals surface area contributed by atoms with Gasteiger partial charge in [0.25, 0.3) is 0 Å². The van der Waals surface area contributed by atoms with Crippen molar-refractivity contribution < 1.29 is 19.7 Å². The first kappa shape index (κ1) is 27.1. The van der Waals surface area contributed by atoms with E-state index in [-0.39, 0.29) is 33.7 Å². The van der Waals surface area contributed by atoms with E-state index in [4.69, 9.17) is 4.74 Å². The minimum absolute atomic E-state index is 0.0497. The number of ether oxygens (including phenoxy) is 1. The van der Waals surface area contributed by atoms with Crippen LogP contribution in [0.5, 0.6) is 0 Å². The molecule has 0 spiro atoms. The molecule has 0 amide bonds. The zero-order valence-corrected chi connectivity index (χ0v) is 24.7. The predicted octanol–water partition coefficient (Wildman–Crippen LogP) is 6.70. The van der Waals surface area contributed by atoms with Gasteiger partial charge >= 0.3 is 0 Å². The standard InChI is InChI=1S/C32H54O4/c1-20(33)32(35)19-18-28(6)23(26(32,2)3)13-16-30(8)24(28)11-10-21-22(12-15-29(21,30)7)31(9)17-14-25(36-31)27(4,5)34/h21-25,34-35H,10-19H2,1-9H3/t21-,22+,23+,24-,25-,28+,29-,30-,31+,32+/m1/s1. The Morgan fingerprint density at radius 2 is 1.42 bits per heavy atom. The Hall–Kier alpha value is -0.450. The highest BCUT2D eigenvalue weighted by molar-refractivity contribution is 5.86. The van der Waals surface area contributed by atoms with E-state index in [0.717, 1.165) is 25.7 Å². The smallest absolute Gasteiger partial charge is 0.161 e. The van der Waals surface area contributed by atoms with Crippen LogP contribution in [0.2, 0.25) is 0 Å². The molecule has 0 radical (unpaired) electrons. The summed E-state index contributed by atoms with van der Waals surface area (Å²) in [5.74, 6) is 2.16. The summed E-state index contributed by atoms with van der Waals surface area (Å²) < 4.78 is 6.73. The topological polar surface area (TPSA) is 66.8 Å². The van der Waals surface area contributed by atoms with Gasteiger partial charge in [0.05, 0.1) is 17.3 Å². The van der Waals surface area contributed by atoms with E-state index < -0.39 is 16.6 Å². The lowest BCUT2D eigenvalue weighted by Gasteiger charge is -2.71. The molecule has 36 heavy (non-hydrogen) atoms. The Morgan fingerprint density at radius 3 is 2.00 bits per heavy atom. The van der Waals surface area contributed by atoms with Crippen molar-refractivity contribution in [2.24, 2.45) is 45.3 Å². The van der Waals surface area contributed by atoms with E-state index in [0.29, 0.717) is 30.1 Å². The summed E-state index contributed by atoms with van der Waals surface area (Å²) in [6.07, 6.45) is 10.8. The molecule has 1 aliphatic heterocycles. The average Bonchev–Trinajstić information content (AvgIpc) is 3.33. The molecule has 1 heterocycles. The van der Waals surface area contributed by atoms with Crippen molar-refractivity contribution in [1.82, 2.24) is 0 Å². The van der Waals surface area contributed by atoms with Crippen molar-refractivity contribution in [1.29, 1.82) is 0 Å². The van der Waals surface area contributed by atoms with Crippen molar-refractivity contribution in [3.05, 3.63) is 0 Å². The fraction of sp³-hybridized carbons (Fsp3) is 0.969. The third kappa shape index (κ3) is 3.25. The summed E-state index contributed by atoms with van der Waals surface area (Å²) in [4.78, 5) is 12.7. The fourth-order valence-corrected chi connectivity index (χ4v) is 11.7. The molecule has 5 rings (SSSR count). The maximum absolute atomic E-state index is 12.7. The molecule has 5 fully saturated rings. The lowest BCUT2D eigenvalue weighted by Crippen LogP contribution is -2.68. The number of fused-ring (bicyclic) bond motifs is 5. The Balaban J connectivity index is 1.45. The number of carbonyl (C=O) groups excluding carboxylic acids is 1. The van der Waals surface area contributed by atoms with Gasteiger partial charge in [-0.3, -0.25) is 4.79 Å². The molecule has 0 bridgehead atoms. The first-order chi connectivity index (χ1) is 16.4. The highest BCUT2D eigenvalue weighted by Crippen LogP contribution is 2.76. The summed E-state index contributed by atoms with van der Waals surface area (Å²) in [6.45, 7) is 19.8. The van der Waals surface area contributed by atoms with Gasteiger partial charge < -0.3 is 14.9 Å². The molecule has 5 aliphatic rings. The largest absolute Gasteiger partial charge is 0.388 e. The van der Waals surface area contributed by atoms with Crippen LogP contribution in [0.4, 0.5) is 0 Å². The minimum atomic E-state index is -1.20. The molecule has 206 valence electrons. The number of hydrogen-bond donors (Lipinski definition) is 2. The number of carbonyl (C=O) groups is 1. The molecule has 4 nitrogen and oxygen atoms in total. The summed E-state index contributed by atoms with van der Waals surface area (Å²) in [6, 6.07) is 0. The van der Waals surface area contributed by atoms with Crippen LogP contribution in [0, 0.1) is 45.3 Å². The second-order valence-corrected chi connectivity index (χ2v) is 16.1. The van der Waals surface area contributed by atoms with Crippen LogP contribution in [-0.2, 0) is 9.53 Å². The van der Waals surface area contributed by atoms with Gasteiger partial charge in [0, 0.05) is 5.41 Å². The maximum atomic E-state index is 12.7. The second kappa shape index (κ2) is 7.81. The SMILES string of the molecule is CC(=O)[C@@]1(O)CC[C@]2(C)[C@H]3CC[C@@H]4[C@@H]([C@]5(C)CC[C@H](C(C)(C)O)O5)CC[C@@]4(C)[C@]3(C)CC[C@H]2C1(C)C. The van der Waals surface area contributed by atoms with E-state index in [2.05, 4.69) is 41.5 Å². The van der Waals surface area contributed by atoms with Gasteiger partial charge in [-0.15, -0.1) is 0 Å². The van der Waals surface area contributed by atoms with E-state index >= 15 is 0 Å². The van der Waals surface area contributed by atoms with Crippen LogP contribution in [0.3, 0.4) is 0 Å². The van der Waals surface area contributed by atoms with Crippen LogP contribution in [0.15, 0.2) is 0 Å². The third-order valence-electron chi connectivity index (χ3n) is 14.1. The van der Waals surface area contributed by atoms with Crippen molar-refractivity contribution in [2.75, 3.05) is 0 Å². The molecule has 1 saturated heterocycles. The minimum Gasteiger partial charge on any atom is -0.388 e. The quantitative estimate of drug-likeness (QED) is 0.451. The summed E-state index contributed by atoms with van der Waals surface area (Å²) in [5, 5.41) is 22.2. The first-order valence-electron chi connectivity index (χ1n) is 15.0. The molecule has 0 aromatic heterocycles. The van der Waals surface area contributed by atoms with E-state index in [1.165, 1.54) is 32.1 Å². The second-order valence-electron chi connectivity index (χ2n) is 16.1. The van der Waals surface area contributed by atoms with Crippen LogP contribution in [0.1, 0.15) is 127 Å². The lowest BCUT2D eigenvalue weighted by atomic mass is 9.34. The summed E-state index contributed by atoms with van der Waals surface area (Å²) in [5.41, 5.74) is -1.82. The van der Waals surface area contributed by atoms with Gasteiger partial charge in [-0.1, -0.05) is 34.6 Å². The van der Waals surface area contributed by atoms with Gasteiger partial charge in [0.15, 0.2) is 5.78 Å². The zero-order valence-electron chi connectivity index (χ0n) is 24.7.